The monoisotopic (exact) mass is 709 g/mol. The number of nitrogens with zero attached hydrogens (tertiary/aromatic N) is 4. The van der Waals surface area contributed by atoms with Gasteiger partial charge in [0, 0.05) is 61.8 Å². The van der Waals surface area contributed by atoms with Gasteiger partial charge in [-0.25, -0.2) is 14.4 Å². The van der Waals surface area contributed by atoms with Gasteiger partial charge < -0.3 is 24.8 Å². The molecule has 266 valence electrons. The summed E-state index contributed by atoms with van der Waals surface area (Å²) in [5.41, 5.74) is 12.7. The number of benzene rings is 1. The summed E-state index contributed by atoms with van der Waals surface area (Å²) in [6.07, 6.45) is 10.4. The Morgan fingerprint density at radius 2 is 1.88 bits per heavy atom. The van der Waals surface area contributed by atoms with Crippen LogP contribution < -0.4 is 15.9 Å². The number of hydrogen-bond donors (Lipinski definition) is 1. The minimum Gasteiger partial charge on any atom is -0.389 e. The molecule has 3 atom stereocenters. The number of methoxy groups -OCH3 is 1. The maximum absolute atomic E-state index is 15.3. The van der Waals surface area contributed by atoms with Gasteiger partial charge in [0.1, 0.15) is 16.9 Å². The van der Waals surface area contributed by atoms with Crippen molar-refractivity contribution in [3.05, 3.63) is 50.5 Å². The first-order chi connectivity index (χ1) is 23.7. The smallest absolute Gasteiger partial charge is 0.225 e. The summed E-state index contributed by atoms with van der Waals surface area (Å²) in [7, 11) is 4.61. The average molecular weight is 710 g/mol. The molecule has 0 spiro atoms. The normalized spacial score (nSPS) is 18.0. The number of nitrogens with two attached hydrogens (primary N) is 1. The highest BCUT2D eigenvalue weighted by molar-refractivity contribution is 7.28. The maximum Gasteiger partial charge on any atom is 0.225 e. The number of halogens is 1. The fourth-order valence-corrected chi connectivity index (χ4v) is 7.98. The van der Waals surface area contributed by atoms with E-state index in [1.165, 1.54) is 38.2 Å². The maximum atomic E-state index is 15.3. The number of nitriles is 1. The minimum atomic E-state index is -0.399. The van der Waals surface area contributed by atoms with Crippen molar-refractivity contribution in [2.75, 3.05) is 44.0 Å². The molecule has 2 aliphatic rings. The van der Waals surface area contributed by atoms with Gasteiger partial charge in [0.25, 0.3) is 0 Å². The number of aromatic nitrogens is 2. The van der Waals surface area contributed by atoms with E-state index < -0.39 is 5.83 Å². The third-order valence-electron chi connectivity index (χ3n) is 9.42. The molecule has 2 aliphatic heterocycles. The van der Waals surface area contributed by atoms with Gasteiger partial charge >= 0.3 is 0 Å². The van der Waals surface area contributed by atoms with Crippen LogP contribution in [0.1, 0.15) is 113 Å². The van der Waals surface area contributed by atoms with Crippen LogP contribution >= 0.6 is 20.6 Å². The third kappa shape index (κ3) is 8.52. The van der Waals surface area contributed by atoms with E-state index in [1.54, 1.807) is 14.0 Å². The van der Waals surface area contributed by atoms with E-state index in [-0.39, 0.29) is 6.10 Å². The zero-order chi connectivity index (χ0) is 35.7. The third-order valence-corrected chi connectivity index (χ3v) is 11.0. The van der Waals surface area contributed by atoms with Gasteiger partial charge in [-0.2, -0.15) is 5.26 Å². The molecule has 0 amide bonds. The Balaban J connectivity index is 0.000000471. The number of anilines is 2. The van der Waals surface area contributed by atoms with E-state index in [0.717, 1.165) is 81.7 Å². The van der Waals surface area contributed by atoms with Crippen molar-refractivity contribution in [2.24, 2.45) is 5.92 Å². The number of thiophene rings is 1. The Labute approximate surface area is 298 Å². The van der Waals surface area contributed by atoms with E-state index in [2.05, 4.69) is 47.9 Å². The zero-order valence-corrected chi connectivity index (χ0v) is 32.2. The van der Waals surface area contributed by atoms with E-state index in [9.17, 15) is 5.26 Å². The van der Waals surface area contributed by atoms with E-state index >= 15 is 4.39 Å². The molecule has 8 nitrogen and oxygen atoms in total. The topological polar surface area (TPSA) is 107 Å². The van der Waals surface area contributed by atoms with Gasteiger partial charge in [0.2, 0.25) is 5.95 Å². The van der Waals surface area contributed by atoms with Crippen LogP contribution in [0.15, 0.2) is 17.8 Å². The second kappa shape index (κ2) is 18.3. The fraction of sp³-hybridized carbons (Fsp3) is 0.553. The molecular formula is C38H53FN5O3PS. The average Bonchev–Trinajstić information content (AvgIpc) is 3.84. The number of hydrogen-bond acceptors (Lipinski definition) is 9. The molecule has 4 heterocycles. The number of unbranched alkanes of at least 4 members (excludes halogenated alkanes) is 3. The summed E-state index contributed by atoms with van der Waals surface area (Å²) in [6, 6.07) is 2.25. The first-order valence-corrected chi connectivity index (χ1v) is 18.9. The zero-order valence-electron chi connectivity index (χ0n) is 30.2. The molecule has 0 radical (unpaired) electrons. The van der Waals surface area contributed by atoms with Gasteiger partial charge in [-0.05, 0) is 55.4 Å². The fourth-order valence-electron chi connectivity index (χ4n) is 6.45. The molecule has 1 fully saturated rings. The van der Waals surface area contributed by atoms with E-state index in [4.69, 9.17) is 29.9 Å². The van der Waals surface area contributed by atoms with Gasteiger partial charge in [-0.15, -0.1) is 20.6 Å². The molecule has 0 saturated carbocycles. The number of ether oxygens (including phenoxy) is 3. The predicted molar refractivity (Wildman–Crippen MR) is 205 cm³/mol. The van der Waals surface area contributed by atoms with Crippen LogP contribution in [0.4, 0.5) is 15.3 Å². The van der Waals surface area contributed by atoms with Gasteiger partial charge in [0.15, 0.2) is 0 Å². The van der Waals surface area contributed by atoms with E-state index in [0.29, 0.717) is 52.5 Å². The largest absolute Gasteiger partial charge is 0.389 e. The highest BCUT2D eigenvalue weighted by Gasteiger charge is 2.33. The first-order valence-electron chi connectivity index (χ1n) is 17.5. The van der Waals surface area contributed by atoms with Crippen molar-refractivity contribution in [1.82, 2.24) is 9.97 Å². The van der Waals surface area contributed by atoms with Crippen molar-refractivity contribution >= 4 is 59.1 Å². The molecule has 1 aromatic carbocycles. The van der Waals surface area contributed by atoms with Crippen molar-refractivity contribution in [2.45, 2.75) is 99.4 Å². The molecule has 5 rings (SSSR count). The first kappa shape index (κ1) is 38.9. The summed E-state index contributed by atoms with van der Waals surface area (Å²) in [6.45, 7) is 16.6. The predicted octanol–water partition coefficient (Wildman–Crippen LogP) is 8.70. The SMILES string of the molecule is C/C=C(/F)c1sc(N)c(C#N)c1/C(=C(\C)CC)c1c2c(c3cnc(N4CC(C)C(OC)C4)nc3c1P)COC2.CCCCCOCCCC. The van der Waals surface area contributed by atoms with Crippen LogP contribution in [0, 0.1) is 17.2 Å². The minimum absolute atomic E-state index is 0.124. The highest BCUT2D eigenvalue weighted by atomic mass is 32.1. The Morgan fingerprint density at radius 1 is 1.16 bits per heavy atom. The summed E-state index contributed by atoms with van der Waals surface area (Å²) in [5, 5.41) is 12.2. The molecule has 0 aliphatic carbocycles. The molecule has 3 aromatic rings. The second-order valence-electron chi connectivity index (χ2n) is 12.8. The van der Waals surface area contributed by atoms with Crippen molar-refractivity contribution in [3.8, 4) is 6.07 Å². The lowest BCUT2D eigenvalue weighted by Crippen LogP contribution is -2.24. The number of allylic oxidation sites excluding steroid dienone is 2. The van der Waals surface area contributed by atoms with Crippen LogP contribution in [0.5, 0.6) is 0 Å². The second-order valence-corrected chi connectivity index (χ2v) is 14.4. The summed E-state index contributed by atoms with van der Waals surface area (Å²) < 4.78 is 32.3. The van der Waals surface area contributed by atoms with Gasteiger partial charge in [-0.3, -0.25) is 0 Å². The number of rotatable bonds is 13. The lowest BCUT2D eigenvalue weighted by Gasteiger charge is -2.22. The molecule has 0 bridgehead atoms. The lowest BCUT2D eigenvalue weighted by molar-refractivity contribution is 0.0899. The van der Waals surface area contributed by atoms with E-state index in [1.807, 2.05) is 13.1 Å². The van der Waals surface area contributed by atoms with Gasteiger partial charge in [0.05, 0.1) is 35.3 Å². The van der Waals surface area contributed by atoms with Crippen molar-refractivity contribution < 1.29 is 18.6 Å². The molecule has 2 N–H and O–H groups in total. The summed E-state index contributed by atoms with van der Waals surface area (Å²) in [5.74, 6) is 0.617. The molecule has 3 unspecified atom stereocenters. The molecule has 1 saturated heterocycles. The van der Waals surface area contributed by atoms with Crippen LogP contribution in [-0.2, 0) is 27.4 Å². The number of nitrogen functional groups attached to an aromatic ring is 1. The molecule has 11 heteroatoms. The Bertz CT molecular complexity index is 1710. The number of fused-ring (bicyclic) bond motifs is 3. The summed E-state index contributed by atoms with van der Waals surface area (Å²) >= 11 is 1.11. The van der Waals surface area contributed by atoms with Crippen molar-refractivity contribution in [3.63, 3.8) is 0 Å². The Morgan fingerprint density at radius 3 is 2.51 bits per heavy atom. The quantitative estimate of drug-likeness (QED) is 0.139. The standard InChI is InChI=1S/C29H33FN5O2PS.C9H20O/c1-6-14(3)22(24-16(8-31)28(32)39-27(24)20(30)7-2)23-19-13-37-12-18(19)17-9-33-29(34-25(17)26(23)38)35-10-15(4)21(11-35)36-5;1-3-5-7-9-10-8-6-4-2/h7,9,15,21H,6,10-13,32,38H2,1-5H3;3-9H2,1-2H3/b20-7+,22-14+;. The van der Waals surface area contributed by atoms with Crippen LogP contribution in [0.3, 0.4) is 0 Å². The lowest BCUT2D eigenvalue weighted by atomic mass is 9.85. The highest BCUT2D eigenvalue weighted by Crippen LogP contribution is 2.46. The van der Waals surface area contributed by atoms with Crippen molar-refractivity contribution in [1.29, 1.82) is 5.26 Å². The molecule has 2 aromatic heterocycles. The Hall–Kier alpha value is -2.93. The molecule has 49 heavy (non-hydrogen) atoms. The van der Waals surface area contributed by atoms with Crippen LogP contribution in [0.25, 0.3) is 22.3 Å². The molecular weight excluding hydrogens is 656 g/mol. The summed E-state index contributed by atoms with van der Waals surface area (Å²) in [4.78, 5) is 12.3. The Kier molecular flexibility index (Phi) is 14.6. The van der Waals surface area contributed by atoms with Gasteiger partial charge in [-0.1, -0.05) is 58.6 Å². The van der Waals surface area contributed by atoms with Crippen LogP contribution in [0.2, 0.25) is 0 Å². The van der Waals surface area contributed by atoms with Crippen LogP contribution in [-0.4, -0.2) is 49.5 Å².